The zero-order chi connectivity index (χ0) is 21.3. The van der Waals surface area contributed by atoms with E-state index >= 15 is 0 Å². The molecule has 0 heterocycles. The highest BCUT2D eigenvalue weighted by molar-refractivity contribution is 5.95. The molecular formula is C27H30N2O2. The summed E-state index contributed by atoms with van der Waals surface area (Å²) in [6, 6.07) is 25.6. The average Bonchev–Trinajstić information content (AvgIpc) is 3.33. The molecule has 0 spiro atoms. The molecule has 160 valence electrons. The average molecular weight is 415 g/mol. The van der Waals surface area contributed by atoms with Gasteiger partial charge in [-0.25, -0.2) is 0 Å². The standard InChI is InChI=1S/C27H30N2O2/c30-27(28-18-17-21-7-4-5-8-21)23-11-6-12-25(19-23)29-24-13-15-26(16-14-24)31-20-22-9-2-1-3-10-22/h1-3,6,9-16,19,21,29H,4-5,7-8,17-18,20H2,(H,28,30). The van der Waals surface area contributed by atoms with E-state index < -0.39 is 0 Å². The number of carbonyl (C=O) groups is 1. The SMILES string of the molecule is O=C(NCCC1CCCC1)c1cccc(Nc2ccc(OCc3ccccc3)cc2)c1. The summed E-state index contributed by atoms with van der Waals surface area (Å²) in [5.41, 5.74) is 3.66. The van der Waals surface area contributed by atoms with Crippen LogP contribution in [-0.4, -0.2) is 12.5 Å². The summed E-state index contributed by atoms with van der Waals surface area (Å²) in [5.74, 6) is 1.60. The molecule has 1 aliphatic carbocycles. The molecule has 4 rings (SSSR count). The number of ether oxygens (including phenoxy) is 1. The maximum Gasteiger partial charge on any atom is 0.251 e. The van der Waals surface area contributed by atoms with Crippen LogP contribution in [0.1, 0.15) is 48.0 Å². The summed E-state index contributed by atoms with van der Waals surface area (Å²) >= 11 is 0. The number of amides is 1. The minimum absolute atomic E-state index is 0.00805. The Morgan fingerprint density at radius 1 is 0.871 bits per heavy atom. The highest BCUT2D eigenvalue weighted by atomic mass is 16.5. The summed E-state index contributed by atoms with van der Waals surface area (Å²) in [6.45, 7) is 1.30. The first-order valence-electron chi connectivity index (χ1n) is 11.2. The highest BCUT2D eigenvalue weighted by Gasteiger charge is 2.15. The molecule has 0 unspecified atom stereocenters. The zero-order valence-electron chi connectivity index (χ0n) is 17.8. The molecule has 1 aliphatic rings. The summed E-state index contributed by atoms with van der Waals surface area (Å²) in [4.78, 5) is 12.5. The molecule has 1 fully saturated rings. The van der Waals surface area contributed by atoms with Crippen molar-refractivity contribution in [3.63, 3.8) is 0 Å². The fourth-order valence-corrected chi connectivity index (χ4v) is 4.07. The minimum Gasteiger partial charge on any atom is -0.489 e. The van der Waals surface area contributed by atoms with Gasteiger partial charge in [-0.05, 0) is 60.4 Å². The van der Waals surface area contributed by atoms with Crippen molar-refractivity contribution in [2.75, 3.05) is 11.9 Å². The van der Waals surface area contributed by atoms with Crippen molar-refractivity contribution in [2.45, 2.75) is 38.7 Å². The summed E-state index contributed by atoms with van der Waals surface area (Å²) in [6.07, 6.45) is 6.39. The third-order valence-electron chi connectivity index (χ3n) is 5.83. The van der Waals surface area contributed by atoms with Crippen LogP contribution in [0, 0.1) is 5.92 Å². The molecule has 0 atom stereocenters. The van der Waals surface area contributed by atoms with Crippen molar-refractivity contribution in [1.82, 2.24) is 5.32 Å². The third kappa shape index (κ3) is 6.35. The summed E-state index contributed by atoms with van der Waals surface area (Å²) in [7, 11) is 0. The third-order valence-corrected chi connectivity index (χ3v) is 5.83. The van der Waals surface area contributed by atoms with Gasteiger partial charge in [0.05, 0.1) is 0 Å². The monoisotopic (exact) mass is 414 g/mol. The van der Waals surface area contributed by atoms with E-state index in [1.807, 2.05) is 78.9 Å². The van der Waals surface area contributed by atoms with E-state index in [4.69, 9.17) is 4.74 Å². The molecule has 2 N–H and O–H groups in total. The molecule has 0 aromatic heterocycles. The van der Waals surface area contributed by atoms with E-state index in [0.29, 0.717) is 12.2 Å². The van der Waals surface area contributed by atoms with Crippen LogP contribution in [0.15, 0.2) is 78.9 Å². The number of carbonyl (C=O) groups excluding carboxylic acids is 1. The second kappa shape index (κ2) is 10.7. The Morgan fingerprint density at radius 3 is 2.42 bits per heavy atom. The van der Waals surface area contributed by atoms with Crippen LogP contribution in [0.2, 0.25) is 0 Å². The largest absolute Gasteiger partial charge is 0.489 e. The van der Waals surface area contributed by atoms with E-state index in [0.717, 1.165) is 41.6 Å². The molecule has 1 amide bonds. The lowest BCUT2D eigenvalue weighted by molar-refractivity contribution is 0.0951. The predicted octanol–water partition coefficient (Wildman–Crippen LogP) is 6.32. The van der Waals surface area contributed by atoms with Crippen molar-refractivity contribution in [3.05, 3.63) is 90.0 Å². The molecule has 31 heavy (non-hydrogen) atoms. The lowest BCUT2D eigenvalue weighted by Crippen LogP contribution is -2.25. The number of nitrogens with one attached hydrogen (secondary N) is 2. The first kappa shape index (κ1) is 21.0. The van der Waals surface area contributed by atoms with E-state index in [1.54, 1.807) is 0 Å². The Bertz CT molecular complexity index is 964. The molecule has 3 aromatic rings. The van der Waals surface area contributed by atoms with Gasteiger partial charge in [0.2, 0.25) is 0 Å². The van der Waals surface area contributed by atoms with E-state index in [-0.39, 0.29) is 5.91 Å². The predicted molar refractivity (Wildman–Crippen MR) is 126 cm³/mol. The second-order valence-electron chi connectivity index (χ2n) is 8.20. The Morgan fingerprint density at radius 2 is 1.65 bits per heavy atom. The molecule has 4 nitrogen and oxygen atoms in total. The number of hydrogen-bond donors (Lipinski definition) is 2. The van der Waals surface area contributed by atoms with Crippen LogP contribution in [0.5, 0.6) is 5.75 Å². The van der Waals surface area contributed by atoms with E-state index in [9.17, 15) is 4.79 Å². The first-order chi connectivity index (χ1) is 15.3. The van der Waals surface area contributed by atoms with Crippen molar-refractivity contribution >= 4 is 17.3 Å². The van der Waals surface area contributed by atoms with E-state index in [1.165, 1.54) is 25.7 Å². The fourth-order valence-electron chi connectivity index (χ4n) is 4.07. The van der Waals surface area contributed by atoms with Gasteiger partial charge in [0, 0.05) is 23.5 Å². The van der Waals surface area contributed by atoms with Crippen LogP contribution in [-0.2, 0) is 6.61 Å². The number of anilines is 2. The minimum atomic E-state index is -0.00805. The van der Waals surface area contributed by atoms with Gasteiger partial charge in [-0.15, -0.1) is 0 Å². The smallest absolute Gasteiger partial charge is 0.251 e. The summed E-state index contributed by atoms with van der Waals surface area (Å²) in [5, 5.41) is 6.43. The van der Waals surface area contributed by atoms with Gasteiger partial charge in [-0.2, -0.15) is 0 Å². The van der Waals surface area contributed by atoms with Gasteiger partial charge >= 0.3 is 0 Å². The Hall–Kier alpha value is -3.27. The number of rotatable bonds is 9. The topological polar surface area (TPSA) is 50.4 Å². The van der Waals surface area contributed by atoms with Crippen LogP contribution >= 0.6 is 0 Å². The van der Waals surface area contributed by atoms with Gasteiger partial charge in [0.25, 0.3) is 5.91 Å². The van der Waals surface area contributed by atoms with E-state index in [2.05, 4.69) is 10.6 Å². The van der Waals surface area contributed by atoms with Gasteiger partial charge in [0.1, 0.15) is 12.4 Å². The number of benzene rings is 3. The molecule has 1 saturated carbocycles. The molecule has 0 bridgehead atoms. The zero-order valence-corrected chi connectivity index (χ0v) is 17.8. The molecule has 4 heteroatoms. The van der Waals surface area contributed by atoms with Crippen LogP contribution < -0.4 is 15.4 Å². The van der Waals surface area contributed by atoms with Gasteiger partial charge in [-0.1, -0.05) is 62.1 Å². The number of hydrogen-bond acceptors (Lipinski definition) is 3. The van der Waals surface area contributed by atoms with Crippen molar-refractivity contribution < 1.29 is 9.53 Å². The molecule has 3 aromatic carbocycles. The Balaban J connectivity index is 1.28. The lowest BCUT2D eigenvalue weighted by Gasteiger charge is -2.12. The van der Waals surface area contributed by atoms with Gasteiger partial charge < -0.3 is 15.4 Å². The van der Waals surface area contributed by atoms with Gasteiger partial charge in [-0.3, -0.25) is 4.79 Å². The molecule has 0 aliphatic heterocycles. The molecule has 0 saturated heterocycles. The van der Waals surface area contributed by atoms with Crippen molar-refractivity contribution in [1.29, 1.82) is 0 Å². The first-order valence-corrected chi connectivity index (χ1v) is 11.2. The normalized spacial score (nSPS) is 13.7. The Labute approximate surface area is 184 Å². The van der Waals surface area contributed by atoms with Crippen LogP contribution in [0.3, 0.4) is 0 Å². The lowest BCUT2D eigenvalue weighted by atomic mass is 10.0. The second-order valence-corrected chi connectivity index (χ2v) is 8.20. The Kier molecular flexibility index (Phi) is 7.22. The van der Waals surface area contributed by atoms with Crippen LogP contribution in [0.25, 0.3) is 0 Å². The van der Waals surface area contributed by atoms with Crippen LogP contribution in [0.4, 0.5) is 11.4 Å². The molecular weight excluding hydrogens is 384 g/mol. The van der Waals surface area contributed by atoms with Crippen molar-refractivity contribution in [3.8, 4) is 5.75 Å². The summed E-state index contributed by atoms with van der Waals surface area (Å²) < 4.78 is 5.84. The maximum atomic E-state index is 12.5. The van der Waals surface area contributed by atoms with Crippen molar-refractivity contribution in [2.24, 2.45) is 5.92 Å². The quantitative estimate of drug-likeness (QED) is 0.431. The highest BCUT2D eigenvalue weighted by Crippen LogP contribution is 2.27. The fraction of sp³-hybridized carbons (Fsp3) is 0.296. The maximum absolute atomic E-state index is 12.5. The molecule has 0 radical (unpaired) electrons. The van der Waals surface area contributed by atoms with Gasteiger partial charge in [0.15, 0.2) is 0 Å².